The van der Waals surface area contributed by atoms with Crippen LogP contribution in [-0.4, -0.2) is 39.9 Å². The second-order valence-corrected chi connectivity index (χ2v) is 11.4. The second-order valence-electron chi connectivity index (χ2n) is 8.61. The van der Waals surface area contributed by atoms with Crippen molar-refractivity contribution in [2.75, 3.05) is 19.4 Å². The number of nitrogens with one attached hydrogen (secondary N) is 1. The van der Waals surface area contributed by atoms with Gasteiger partial charge in [0.25, 0.3) is 10.1 Å². The summed E-state index contributed by atoms with van der Waals surface area (Å²) in [4.78, 5) is 26.2. The number of thiophene rings is 1. The van der Waals surface area contributed by atoms with Gasteiger partial charge in [0.2, 0.25) is 0 Å². The van der Waals surface area contributed by atoms with E-state index in [1.165, 1.54) is 11.3 Å². The molecule has 0 saturated carbocycles. The minimum absolute atomic E-state index is 0.0752. The highest BCUT2D eigenvalue weighted by Crippen LogP contribution is 2.26. The molecule has 0 fully saturated rings. The predicted octanol–water partition coefficient (Wildman–Crippen LogP) is 4.86. The highest BCUT2D eigenvalue weighted by Gasteiger charge is 2.18. The number of alkyl carbamates (subject to hydrolysis) is 1. The Bertz CT molecular complexity index is 1260. The number of hydrogen-bond acceptors (Lipinski definition) is 8. The van der Waals surface area contributed by atoms with Crippen molar-refractivity contribution < 1.29 is 31.7 Å². The summed E-state index contributed by atoms with van der Waals surface area (Å²) >= 11 is 1.35. The first-order valence-corrected chi connectivity index (χ1v) is 14.4. The predicted molar refractivity (Wildman–Crippen MR) is 142 cm³/mol. The summed E-state index contributed by atoms with van der Waals surface area (Å²) in [6, 6.07) is 20.6. The molecule has 3 aromatic rings. The lowest BCUT2D eigenvalue weighted by atomic mass is 10.0. The van der Waals surface area contributed by atoms with Crippen LogP contribution in [0.3, 0.4) is 0 Å². The molecule has 0 spiro atoms. The molecule has 0 unspecified atom stereocenters. The standard InChI is InChI=1S/C27H31NO7S2/c1-20-15-25(26(29)33-17-21-9-5-3-6-10-21)36-24(20)14-13-23(19-35-37(2,31)32)16-28-27(30)34-18-22-11-7-4-8-12-22/h3-12,15,23H,13-14,16-19H2,1-2H3,(H,28,30)/t23-/m1/s1. The molecule has 1 amide bonds. The zero-order valence-corrected chi connectivity index (χ0v) is 22.5. The molecule has 10 heteroatoms. The average molecular weight is 546 g/mol. The van der Waals surface area contributed by atoms with Crippen LogP contribution < -0.4 is 5.32 Å². The van der Waals surface area contributed by atoms with Crippen molar-refractivity contribution in [3.05, 3.63) is 93.2 Å². The van der Waals surface area contributed by atoms with Crippen LogP contribution in [0.25, 0.3) is 0 Å². The van der Waals surface area contributed by atoms with E-state index in [0.717, 1.165) is 27.8 Å². The van der Waals surface area contributed by atoms with E-state index in [1.54, 1.807) is 6.07 Å². The fourth-order valence-electron chi connectivity index (χ4n) is 3.46. The second kappa shape index (κ2) is 13.9. The molecule has 8 nitrogen and oxygen atoms in total. The number of carbonyl (C=O) groups is 2. The first-order valence-electron chi connectivity index (χ1n) is 11.8. The molecule has 37 heavy (non-hydrogen) atoms. The third-order valence-electron chi connectivity index (χ3n) is 5.48. The van der Waals surface area contributed by atoms with Gasteiger partial charge in [-0.1, -0.05) is 60.7 Å². The number of rotatable bonds is 13. The molecule has 0 aliphatic heterocycles. The van der Waals surface area contributed by atoms with Gasteiger partial charge in [-0.05, 0) is 42.5 Å². The quantitative estimate of drug-likeness (QED) is 0.241. The Morgan fingerprint density at radius 1 is 0.946 bits per heavy atom. The molecule has 0 saturated heterocycles. The summed E-state index contributed by atoms with van der Waals surface area (Å²) in [5.41, 5.74) is 2.73. The summed E-state index contributed by atoms with van der Waals surface area (Å²) < 4.78 is 38.7. The summed E-state index contributed by atoms with van der Waals surface area (Å²) in [5.74, 6) is -0.669. The van der Waals surface area contributed by atoms with Crippen molar-refractivity contribution in [3.8, 4) is 0 Å². The molecule has 0 aliphatic rings. The van der Waals surface area contributed by atoms with Crippen LogP contribution in [0, 0.1) is 12.8 Å². The molecule has 1 N–H and O–H groups in total. The Kier molecular flexibility index (Phi) is 10.7. The van der Waals surface area contributed by atoms with Crippen molar-refractivity contribution in [3.63, 3.8) is 0 Å². The van der Waals surface area contributed by atoms with E-state index in [0.29, 0.717) is 17.7 Å². The first-order chi connectivity index (χ1) is 17.7. The highest BCUT2D eigenvalue weighted by molar-refractivity contribution is 7.85. The zero-order valence-electron chi connectivity index (χ0n) is 20.8. The van der Waals surface area contributed by atoms with Crippen molar-refractivity contribution in [2.45, 2.75) is 33.0 Å². The van der Waals surface area contributed by atoms with Gasteiger partial charge in [-0.2, -0.15) is 8.42 Å². The van der Waals surface area contributed by atoms with Crippen molar-refractivity contribution >= 4 is 33.5 Å². The fraction of sp³-hybridized carbons (Fsp3) is 0.333. The highest BCUT2D eigenvalue weighted by atomic mass is 32.2. The van der Waals surface area contributed by atoms with Crippen LogP contribution in [0.4, 0.5) is 4.79 Å². The maximum Gasteiger partial charge on any atom is 0.407 e. The lowest BCUT2D eigenvalue weighted by Gasteiger charge is -2.17. The smallest absolute Gasteiger partial charge is 0.407 e. The Morgan fingerprint density at radius 3 is 2.14 bits per heavy atom. The number of amides is 1. The van der Waals surface area contributed by atoms with Gasteiger partial charge in [0.15, 0.2) is 0 Å². The van der Waals surface area contributed by atoms with Crippen LogP contribution in [0.1, 0.15) is 37.7 Å². The number of esters is 1. The summed E-state index contributed by atoms with van der Waals surface area (Å²) in [7, 11) is -3.63. The molecule has 1 atom stereocenters. The SMILES string of the molecule is Cc1cc(C(=O)OCc2ccccc2)sc1CC[C@H](CNC(=O)OCc1ccccc1)COS(C)(=O)=O. The molecule has 0 aliphatic carbocycles. The molecular formula is C27H31NO7S2. The van der Waals surface area contributed by atoms with Crippen LogP contribution in [0.2, 0.25) is 0 Å². The monoisotopic (exact) mass is 545 g/mol. The van der Waals surface area contributed by atoms with Crippen molar-refractivity contribution in [1.82, 2.24) is 5.32 Å². The molecule has 2 aromatic carbocycles. The van der Waals surface area contributed by atoms with Gasteiger partial charge in [0.1, 0.15) is 18.1 Å². The number of carbonyl (C=O) groups excluding carboxylic acids is 2. The zero-order chi connectivity index (χ0) is 26.7. The van der Waals surface area contributed by atoms with Gasteiger partial charge < -0.3 is 14.8 Å². The summed E-state index contributed by atoms with van der Waals surface area (Å²) in [6.45, 7) is 2.35. The largest absolute Gasteiger partial charge is 0.457 e. The first kappa shape index (κ1) is 28.4. The molecule has 0 radical (unpaired) electrons. The lowest BCUT2D eigenvalue weighted by Crippen LogP contribution is -2.32. The van der Waals surface area contributed by atoms with E-state index in [9.17, 15) is 18.0 Å². The normalized spacial score (nSPS) is 12.1. The van der Waals surface area contributed by atoms with E-state index < -0.39 is 16.2 Å². The van der Waals surface area contributed by atoms with Crippen LogP contribution in [0.5, 0.6) is 0 Å². The molecule has 198 valence electrons. The van der Waals surface area contributed by atoms with Gasteiger partial charge >= 0.3 is 12.1 Å². The third kappa shape index (κ3) is 10.4. The Labute approximate surface area is 221 Å². The molecular weight excluding hydrogens is 514 g/mol. The van der Waals surface area contributed by atoms with Gasteiger partial charge in [-0.15, -0.1) is 11.3 Å². The molecule has 1 heterocycles. The maximum atomic E-state index is 12.5. The van der Waals surface area contributed by atoms with Gasteiger partial charge in [0, 0.05) is 17.3 Å². The minimum Gasteiger partial charge on any atom is -0.457 e. The van der Waals surface area contributed by atoms with Gasteiger partial charge in [-0.3, -0.25) is 4.18 Å². The minimum atomic E-state index is -3.63. The average Bonchev–Trinajstić information content (AvgIpc) is 3.26. The molecule has 0 bridgehead atoms. The lowest BCUT2D eigenvalue weighted by molar-refractivity contribution is 0.0478. The van der Waals surface area contributed by atoms with Crippen LogP contribution >= 0.6 is 11.3 Å². The fourth-order valence-corrected chi connectivity index (χ4v) is 4.99. The van der Waals surface area contributed by atoms with Gasteiger partial charge in [-0.25, -0.2) is 9.59 Å². The topological polar surface area (TPSA) is 108 Å². The Hall–Kier alpha value is -3.21. The van der Waals surface area contributed by atoms with E-state index >= 15 is 0 Å². The Balaban J connectivity index is 1.53. The maximum absolute atomic E-state index is 12.5. The summed E-state index contributed by atoms with van der Waals surface area (Å²) in [6.07, 6.45) is 1.52. The van der Waals surface area contributed by atoms with E-state index in [1.807, 2.05) is 67.6 Å². The third-order valence-corrected chi connectivity index (χ3v) is 7.32. The van der Waals surface area contributed by atoms with Gasteiger partial charge in [0.05, 0.1) is 12.9 Å². The number of benzene rings is 2. The molecule has 1 aromatic heterocycles. The number of hydrogen-bond donors (Lipinski definition) is 1. The number of ether oxygens (including phenoxy) is 2. The number of aryl methyl sites for hydroxylation is 2. The van der Waals surface area contributed by atoms with E-state index in [2.05, 4.69) is 5.32 Å². The van der Waals surface area contributed by atoms with Crippen molar-refractivity contribution in [2.24, 2.45) is 5.92 Å². The van der Waals surface area contributed by atoms with Crippen LogP contribution in [0.15, 0.2) is 66.7 Å². The van der Waals surface area contributed by atoms with E-state index in [4.69, 9.17) is 13.7 Å². The van der Waals surface area contributed by atoms with E-state index in [-0.39, 0.29) is 38.3 Å². The summed E-state index contributed by atoms with van der Waals surface area (Å²) in [5, 5.41) is 2.69. The molecule has 3 rings (SSSR count). The Morgan fingerprint density at radius 2 is 1.54 bits per heavy atom. The van der Waals surface area contributed by atoms with Crippen molar-refractivity contribution in [1.29, 1.82) is 0 Å². The van der Waals surface area contributed by atoms with Crippen LogP contribution in [-0.2, 0) is 43.4 Å².